The van der Waals surface area contributed by atoms with Crippen LogP contribution in [0.4, 0.5) is 0 Å². The highest BCUT2D eigenvalue weighted by molar-refractivity contribution is 9.10. The van der Waals surface area contributed by atoms with Crippen molar-refractivity contribution >= 4 is 33.2 Å². The fourth-order valence-electron chi connectivity index (χ4n) is 1.91. The van der Waals surface area contributed by atoms with Gasteiger partial charge in [-0.1, -0.05) is 33.6 Å². The second kappa shape index (κ2) is 4.41. The minimum atomic E-state index is 0.699. The molecule has 18 heavy (non-hydrogen) atoms. The molecule has 3 aromatic rings. The third kappa shape index (κ3) is 2.04. The Balaban J connectivity index is 2.19. The van der Waals surface area contributed by atoms with Crippen LogP contribution in [0.1, 0.15) is 5.56 Å². The van der Waals surface area contributed by atoms with Crippen LogP contribution in [0.2, 0.25) is 5.02 Å². The van der Waals surface area contributed by atoms with Gasteiger partial charge in [0.1, 0.15) is 5.65 Å². The lowest BCUT2D eigenvalue weighted by atomic mass is 10.2. The van der Waals surface area contributed by atoms with E-state index in [1.807, 2.05) is 35.0 Å². The van der Waals surface area contributed by atoms with Crippen LogP contribution in [-0.4, -0.2) is 9.38 Å². The highest BCUT2D eigenvalue weighted by Crippen LogP contribution is 2.30. The third-order valence-corrected chi connectivity index (χ3v) is 3.63. The van der Waals surface area contributed by atoms with Crippen LogP contribution in [-0.2, 0) is 0 Å². The Morgan fingerprint density at radius 3 is 2.83 bits per heavy atom. The largest absolute Gasteiger partial charge is 0.306 e. The van der Waals surface area contributed by atoms with E-state index in [1.165, 1.54) is 5.56 Å². The molecule has 0 spiro atoms. The molecule has 0 fully saturated rings. The molecule has 4 heteroatoms. The van der Waals surface area contributed by atoms with Crippen molar-refractivity contribution in [3.8, 4) is 11.3 Å². The lowest BCUT2D eigenvalue weighted by Gasteiger charge is -2.00. The SMILES string of the molecule is Cc1ccn2cc(-c3ccc(Br)cc3Cl)nc2c1. The maximum atomic E-state index is 6.24. The molecule has 0 radical (unpaired) electrons. The molecule has 0 atom stereocenters. The molecule has 0 saturated carbocycles. The summed E-state index contributed by atoms with van der Waals surface area (Å²) in [7, 11) is 0. The van der Waals surface area contributed by atoms with E-state index in [4.69, 9.17) is 11.6 Å². The van der Waals surface area contributed by atoms with Crippen LogP contribution in [0.15, 0.2) is 47.2 Å². The van der Waals surface area contributed by atoms with Gasteiger partial charge in [0, 0.05) is 22.4 Å². The zero-order valence-corrected chi connectivity index (χ0v) is 12.0. The van der Waals surface area contributed by atoms with E-state index in [9.17, 15) is 0 Å². The first-order chi connectivity index (χ1) is 8.63. The number of rotatable bonds is 1. The van der Waals surface area contributed by atoms with Gasteiger partial charge in [-0.3, -0.25) is 0 Å². The minimum Gasteiger partial charge on any atom is -0.306 e. The summed E-state index contributed by atoms with van der Waals surface area (Å²) < 4.78 is 2.97. The quantitative estimate of drug-likeness (QED) is 0.633. The summed E-state index contributed by atoms with van der Waals surface area (Å²) in [6.45, 7) is 2.06. The van der Waals surface area contributed by atoms with Gasteiger partial charge in [0.15, 0.2) is 0 Å². The highest BCUT2D eigenvalue weighted by atomic mass is 79.9. The summed E-state index contributed by atoms with van der Waals surface area (Å²) in [6.07, 6.45) is 4.00. The van der Waals surface area contributed by atoms with Gasteiger partial charge in [0.25, 0.3) is 0 Å². The van der Waals surface area contributed by atoms with E-state index in [0.29, 0.717) is 5.02 Å². The van der Waals surface area contributed by atoms with Gasteiger partial charge in [0.2, 0.25) is 0 Å². The first-order valence-corrected chi connectivity index (χ1v) is 6.71. The number of hydrogen-bond donors (Lipinski definition) is 0. The second-order valence-corrected chi connectivity index (χ2v) is 5.54. The Labute approximate surface area is 118 Å². The van der Waals surface area contributed by atoms with E-state index in [2.05, 4.69) is 40.0 Å². The Morgan fingerprint density at radius 2 is 2.06 bits per heavy atom. The van der Waals surface area contributed by atoms with Crippen LogP contribution in [0, 0.1) is 6.92 Å². The molecule has 1 aromatic carbocycles. The normalized spacial score (nSPS) is 11.1. The zero-order chi connectivity index (χ0) is 12.7. The fourth-order valence-corrected chi connectivity index (χ4v) is 2.68. The molecule has 0 unspecified atom stereocenters. The summed E-state index contributed by atoms with van der Waals surface area (Å²) in [4.78, 5) is 4.60. The molecule has 2 aromatic heterocycles. The Morgan fingerprint density at radius 1 is 1.22 bits per heavy atom. The average molecular weight is 322 g/mol. The van der Waals surface area contributed by atoms with Crippen LogP contribution < -0.4 is 0 Å². The van der Waals surface area contributed by atoms with Crippen molar-refractivity contribution in [1.82, 2.24) is 9.38 Å². The molecule has 0 bridgehead atoms. The van der Waals surface area contributed by atoms with Gasteiger partial charge in [-0.2, -0.15) is 0 Å². The molecule has 3 rings (SSSR count). The zero-order valence-electron chi connectivity index (χ0n) is 9.69. The average Bonchev–Trinajstić information content (AvgIpc) is 2.71. The van der Waals surface area contributed by atoms with Crippen LogP contribution in [0.5, 0.6) is 0 Å². The van der Waals surface area contributed by atoms with Gasteiger partial charge >= 0.3 is 0 Å². The number of aryl methyl sites for hydroxylation is 1. The van der Waals surface area contributed by atoms with Gasteiger partial charge in [-0.05, 0) is 36.8 Å². The monoisotopic (exact) mass is 320 g/mol. The first-order valence-electron chi connectivity index (χ1n) is 5.54. The van der Waals surface area contributed by atoms with Crippen LogP contribution in [0.3, 0.4) is 0 Å². The topological polar surface area (TPSA) is 17.3 Å². The lowest BCUT2D eigenvalue weighted by Crippen LogP contribution is -1.81. The number of pyridine rings is 1. The predicted octanol–water partition coefficient (Wildman–Crippen LogP) is 4.73. The summed E-state index contributed by atoms with van der Waals surface area (Å²) in [6, 6.07) is 9.93. The third-order valence-electron chi connectivity index (χ3n) is 2.82. The molecule has 0 amide bonds. The summed E-state index contributed by atoms with van der Waals surface area (Å²) in [5.74, 6) is 0. The van der Waals surface area contributed by atoms with Crippen molar-refractivity contribution < 1.29 is 0 Å². The molecule has 0 aliphatic rings. The number of fused-ring (bicyclic) bond motifs is 1. The van der Waals surface area contributed by atoms with E-state index in [1.54, 1.807) is 0 Å². The first kappa shape index (κ1) is 11.8. The van der Waals surface area contributed by atoms with Gasteiger partial charge in [-0.25, -0.2) is 4.98 Å². The van der Waals surface area contributed by atoms with Crippen molar-refractivity contribution in [1.29, 1.82) is 0 Å². The van der Waals surface area contributed by atoms with Crippen molar-refractivity contribution in [3.63, 3.8) is 0 Å². The number of halogens is 2. The standard InChI is InChI=1S/C14H10BrClN2/c1-9-4-5-18-8-13(17-14(18)6-9)11-3-2-10(15)7-12(11)16/h2-8H,1H3. The Hall–Kier alpha value is -1.32. The summed E-state index contributed by atoms with van der Waals surface area (Å²) >= 11 is 9.65. The van der Waals surface area contributed by atoms with Crippen molar-refractivity contribution in [2.75, 3.05) is 0 Å². The molecule has 2 heterocycles. The van der Waals surface area contributed by atoms with Crippen LogP contribution in [0.25, 0.3) is 16.9 Å². The summed E-state index contributed by atoms with van der Waals surface area (Å²) in [5.41, 5.74) is 3.96. The number of benzene rings is 1. The van der Waals surface area contributed by atoms with E-state index in [-0.39, 0.29) is 0 Å². The summed E-state index contributed by atoms with van der Waals surface area (Å²) in [5, 5.41) is 0.699. The van der Waals surface area contributed by atoms with Crippen molar-refractivity contribution in [2.24, 2.45) is 0 Å². The molecular weight excluding hydrogens is 312 g/mol. The second-order valence-electron chi connectivity index (χ2n) is 4.22. The molecule has 2 nitrogen and oxygen atoms in total. The molecular formula is C14H10BrClN2. The maximum Gasteiger partial charge on any atom is 0.137 e. The lowest BCUT2D eigenvalue weighted by molar-refractivity contribution is 1.17. The van der Waals surface area contributed by atoms with E-state index >= 15 is 0 Å². The van der Waals surface area contributed by atoms with Crippen molar-refractivity contribution in [2.45, 2.75) is 6.92 Å². The van der Waals surface area contributed by atoms with Gasteiger partial charge in [-0.15, -0.1) is 0 Å². The molecule has 0 aliphatic heterocycles. The van der Waals surface area contributed by atoms with Crippen LogP contribution >= 0.6 is 27.5 Å². The molecule has 0 saturated heterocycles. The Kier molecular flexibility index (Phi) is 2.88. The highest BCUT2D eigenvalue weighted by Gasteiger charge is 2.08. The van der Waals surface area contributed by atoms with E-state index in [0.717, 1.165) is 21.4 Å². The van der Waals surface area contributed by atoms with Crippen molar-refractivity contribution in [3.05, 3.63) is 57.8 Å². The van der Waals surface area contributed by atoms with Gasteiger partial charge < -0.3 is 4.40 Å². The Bertz CT molecular complexity index is 734. The van der Waals surface area contributed by atoms with Gasteiger partial charge in [0.05, 0.1) is 10.7 Å². The van der Waals surface area contributed by atoms with E-state index < -0.39 is 0 Å². The molecule has 90 valence electrons. The number of nitrogens with zero attached hydrogens (tertiary/aromatic N) is 2. The predicted molar refractivity (Wildman–Crippen MR) is 78.1 cm³/mol. The maximum absolute atomic E-state index is 6.24. The number of aromatic nitrogens is 2. The number of imidazole rings is 1. The smallest absolute Gasteiger partial charge is 0.137 e. The molecule has 0 aliphatic carbocycles. The number of hydrogen-bond acceptors (Lipinski definition) is 1. The minimum absolute atomic E-state index is 0.699. The molecule has 0 N–H and O–H groups in total. The fraction of sp³-hybridized carbons (Fsp3) is 0.0714.